The second kappa shape index (κ2) is 10.1. The largest absolute Gasteiger partial charge is 0.444 e. The molecule has 0 heterocycles. The zero-order valence-electron chi connectivity index (χ0n) is 16.5. The van der Waals surface area contributed by atoms with Crippen LogP contribution in [0.5, 0.6) is 0 Å². The summed E-state index contributed by atoms with van der Waals surface area (Å²) in [5.74, 6) is 0. The molecule has 0 bridgehead atoms. The number of hydrogen-bond donors (Lipinski definition) is 2. The summed E-state index contributed by atoms with van der Waals surface area (Å²) in [4.78, 5) is 12.2. The van der Waals surface area contributed by atoms with Crippen molar-refractivity contribution in [2.24, 2.45) is 0 Å². The van der Waals surface area contributed by atoms with Crippen molar-refractivity contribution in [1.82, 2.24) is 5.32 Å². The van der Waals surface area contributed by atoms with E-state index in [0.717, 1.165) is 18.4 Å². The van der Waals surface area contributed by atoms with Crippen LogP contribution in [-0.2, 0) is 17.6 Å². The van der Waals surface area contributed by atoms with E-state index >= 15 is 0 Å². The molecule has 0 aliphatic heterocycles. The quantitative estimate of drug-likeness (QED) is 0.720. The van der Waals surface area contributed by atoms with Gasteiger partial charge in [-0.25, -0.2) is 4.79 Å². The number of carbonyl (C=O) groups excluding carboxylic acids is 1. The third-order valence-corrected chi connectivity index (χ3v) is 4.27. The van der Waals surface area contributed by atoms with E-state index in [1.54, 1.807) is 0 Å². The van der Waals surface area contributed by atoms with E-state index in [1.807, 2.05) is 69.3 Å². The fraction of sp³-hybridized carbons (Fsp3) is 0.435. The Balaban J connectivity index is 1.95. The van der Waals surface area contributed by atoms with E-state index in [0.29, 0.717) is 12.8 Å². The lowest BCUT2D eigenvalue weighted by molar-refractivity contribution is 0.0411. The Labute approximate surface area is 162 Å². The minimum absolute atomic E-state index is 0.391. The summed E-state index contributed by atoms with van der Waals surface area (Å²) in [6, 6.07) is 19.7. The average molecular weight is 370 g/mol. The number of aryl methyl sites for hydroxylation is 1. The van der Waals surface area contributed by atoms with Gasteiger partial charge in [0.1, 0.15) is 5.60 Å². The predicted molar refractivity (Wildman–Crippen MR) is 109 cm³/mol. The first-order valence-corrected chi connectivity index (χ1v) is 9.59. The Morgan fingerprint density at radius 3 is 2.11 bits per heavy atom. The molecule has 0 spiro atoms. The number of aliphatic hydroxyl groups excluding tert-OH is 1. The van der Waals surface area contributed by atoms with E-state index in [1.165, 1.54) is 5.56 Å². The Kier molecular flexibility index (Phi) is 7.86. The van der Waals surface area contributed by atoms with Gasteiger partial charge in [0.2, 0.25) is 0 Å². The lowest BCUT2D eigenvalue weighted by atomic mass is 9.96. The number of nitrogens with one attached hydrogen (secondary N) is 1. The van der Waals surface area contributed by atoms with Crippen LogP contribution >= 0.6 is 0 Å². The lowest BCUT2D eigenvalue weighted by Gasteiger charge is -2.27. The molecule has 2 N–H and O–H groups in total. The van der Waals surface area contributed by atoms with Crippen LogP contribution in [0, 0.1) is 0 Å². The zero-order chi connectivity index (χ0) is 19.7. The number of ether oxygens (including phenoxy) is 1. The summed E-state index contributed by atoms with van der Waals surface area (Å²) in [6.07, 6.45) is 1.80. The minimum Gasteiger partial charge on any atom is -0.444 e. The number of amides is 1. The predicted octanol–water partition coefficient (Wildman–Crippen LogP) is 4.51. The molecule has 146 valence electrons. The number of alkyl carbamates (subject to hydrolysis) is 1. The van der Waals surface area contributed by atoms with Crippen molar-refractivity contribution in [2.45, 2.75) is 64.2 Å². The maximum atomic E-state index is 12.2. The van der Waals surface area contributed by atoms with Crippen molar-refractivity contribution in [2.75, 3.05) is 0 Å². The third kappa shape index (κ3) is 8.27. The molecule has 27 heavy (non-hydrogen) atoms. The van der Waals surface area contributed by atoms with Gasteiger partial charge in [0.05, 0.1) is 12.1 Å². The molecule has 0 aliphatic carbocycles. The molecule has 1 amide bonds. The van der Waals surface area contributed by atoms with Gasteiger partial charge in [-0.3, -0.25) is 0 Å². The van der Waals surface area contributed by atoms with Gasteiger partial charge < -0.3 is 15.2 Å². The van der Waals surface area contributed by atoms with Crippen LogP contribution in [0.3, 0.4) is 0 Å². The summed E-state index contributed by atoms with van der Waals surface area (Å²) >= 11 is 0. The Hall–Kier alpha value is -2.33. The number of hydrogen-bond acceptors (Lipinski definition) is 3. The van der Waals surface area contributed by atoms with Gasteiger partial charge in [-0.15, -0.1) is 0 Å². The van der Waals surface area contributed by atoms with Crippen LogP contribution in [0.2, 0.25) is 0 Å². The number of aliphatic hydroxyl groups is 1. The summed E-state index contributed by atoms with van der Waals surface area (Å²) in [6.45, 7) is 5.49. The molecule has 0 saturated heterocycles. The number of benzene rings is 2. The Bertz CT molecular complexity index is 680. The minimum atomic E-state index is -0.638. The van der Waals surface area contributed by atoms with E-state index in [-0.39, 0.29) is 0 Å². The summed E-state index contributed by atoms with van der Waals surface area (Å²) in [5, 5.41) is 13.6. The molecule has 4 heteroatoms. The van der Waals surface area contributed by atoms with Crippen molar-refractivity contribution >= 4 is 6.09 Å². The molecule has 4 nitrogen and oxygen atoms in total. The van der Waals surface area contributed by atoms with Crippen molar-refractivity contribution in [3.8, 4) is 0 Å². The molecule has 0 aromatic heterocycles. The van der Waals surface area contributed by atoms with Gasteiger partial charge in [0.25, 0.3) is 0 Å². The maximum absolute atomic E-state index is 12.2. The Morgan fingerprint density at radius 2 is 1.56 bits per heavy atom. The van der Waals surface area contributed by atoms with Crippen molar-refractivity contribution in [1.29, 1.82) is 0 Å². The highest BCUT2D eigenvalue weighted by atomic mass is 16.6. The number of rotatable bonds is 8. The summed E-state index contributed by atoms with van der Waals surface area (Å²) in [5.41, 5.74) is 1.75. The van der Waals surface area contributed by atoms with Crippen LogP contribution in [-0.4, -0.2) is 28.9 Å². The van der Waals surface area contributed by atoms with Crippen LogP contribution in [0.4, 0.5) is 4.79 Å². The van der Waals surface area contributed by atoms with Crippen molar-refractivity contribution in [3.05, 3.63) is 71.8 Å². The molecule has 2 atom stereocenters. The SMILES string of the molecule is CC(C)(C)OC(=O)N[C@@H](Cc1ccccc1)[C@@H](O)CCCc1ccccc1. The van der Waals surface area contributed by atoms with Gasteiger partial charge in [-0.2, -0.15) is 0 Å². The van der Waals surface area contributed by atoms with Crippen molar-refractivity contribution < 1.29 is 14.6 Å². The standard InChI is InChI=1S/C23H31NO3/c1-23(2,3)27-22(26)24-20(17-19-13-8-5-9-14-19)21(25)16-10-15-18-11-6-4-7-12-18/h4-9,11-14,20-21,25H,10,15-17H2,1-3H3,(H,24,26)/t20-,21-/m0/s1. The van der Waals surface area contributed by atoms with E-state index in [9.17, 15) is 9.90 Å². The van der Waals surface area contributed by atoms with E-state index in [4.69, 9.17) is 4.74 Å². The van der Waals surface area contributed by atoms with Gasteiger partial charge in [-0.05, 0) is 57.6 Å². The lowest BCUT2D eigenvalue weighted by Crippen LogP contribution is -2.46. The van der Waals surface area contributed by atoms with E-state index < -0.39 is 23.8 Å². The maximum Gasteiger partial charge on any atom is 0.407 e. The first-order chi connectivity index (χ1) is 12.8. The van der Waals surface area contributed by atoms with Crippen LogP contribution in [0.25, 0.3) is 0 Å². The van der Waals surface area contributed by atoms with Crippen LogP contribution in [0.15, 0.2) is 60.7 Å². The second-order valence-electron chi connectivity index (χ2n) is 7.89. The Morgan fingerprint density at radius 1 is 1.00 bits per heavy atom. The summed E-state index contributed by atoms with van der Waals surface area (Å²) < 4.78 is 5.37. The molecule has 0 saturated carbocycles. The zero-order valence-corrected chi connectivity index (χ0v) is 16.5. The van der Waals surface area contributed by atoms with Gasteiger partial charge in [-0.1, -0.05) is 60.7 Å². The smallest absolute Gasteiger partial charge is 0.407 e. The van der Waals surface area contributed by atoms with Gasteiger partial charge in [0, 0.05) is 0 Å². The molecular formula is C23H31NO3. The fourth-order valence-corrected chi connectivity index (χ4v) is 2.97. The average Bonchev–Trinajstić information content (AvgIpc) is 2.61. The highest BCUT2D eigenvalue weighted by Crippen LogP contribution is 2.14. The monoisotopic (exact) mass is 369 g/mol. The normalized spacial score (nSPS) is 13.6. The summed E-state index contributed by atoms with van der Waals surface area (Å²) in [7, 11) is 0. The molecule has 0 aliphatic rings. The molecule has 2 rings (SSSR count). The van der Waals surface area contributed by atoms with Crippen molar-refractivity contribution in [3.63, 3.8) is 0 Å². The van der Waals surface area contributed by atoms with Gasteiger partial charge >= 0.3 is 6.09 Å². The first-order valence-electron chi connectivity index (χ1n) is 9.59. The number of carbonyl (C=O) groups is 1. The first kappa shape index (κ1) is 21.0. The molecule has 0 fully saturated rings. The molecule has 0 radical (unpaired) electrons. The van der Waals surface area contributed by atoms with E-state index in [2.05, 4.69) is 17.4 Å². The third-order valence-electron chi connectivity index (χ3n) is 4.27. The molecular weight excluding hydrogens is 338 g/mol. The van der Waals surface area contributed by atoms with Crippen LogP contribution in [0.1, 0.15) is 44.7 Å². The van der Waals surface area contributed by atoms with Crippen LogP contribution < -0.4 is 5.32 Å². The highest BCUT2D eigenvalue weighted by molar-refractivity contribution is 5.68. The van der Waals surface area contributed by atoms with Gasteiger partial charge in [0.15, 0.2) is 0 Å². The molecule has 0 unspecified atom stereocenters. The fourth-order valence-electron chi connectivity index (χ4n) is 2.97. The molecule has 2 aromatic rings. The second-order valence-corrected chi connectivity index (χ2v) is 7.89. The molecule has 2 aromatic carbocycles. The topological polar surface area (TPSA) is 58.6 Å². The highest BCUT2D eigenvalue weighted by Gasteiger charge is 2.24.